The zero-order valence-corrected chi connectivity index (χ0v) is 13.9. The van der Waals surface area contributed by atoms with E-state index in [2.05, 4.69) is 43.8 Å². The molecule has 3 nitrogen and oxygen atoms in total. The molecule has 1 aromatic carbocycles. The Hall–Kier alpha value is -0.530. The first kappa shape index (κ1) is 13.9. The van der Waals surface area contributed by atoms with Crippen LogP contribution in [0.15, 0.2) is 34.9 Å². The molecule has 0 atom stereocenters. The Morgan fingerprint density at radius 2 is 2.17 bits per heavy atom. The van der Waals surface area contributed by atoms with E-state index >= 15 is 0 Å². The topological polar surface area (TPSA) is 34.0 Å². The summed E-state index contributed by atoms with van der Waals surface area (Å²) in [4.78, 5) is 12.1. The quantitative estimate of drug-likeness (QED) is 0.696. The molecule has 0 unspecified atom stereocenters. The predicted molar refractivity (Wildman–Crippen MR) is 85.2 cm³/mol. The van der Waals surface area contributed by atoms with Gasteiger partial charge in [0.25, 0.3) is 5.91 Å². The van der Waals surface area contributed by atoms with Gasteiger partial charge in [-0.05, 0) is 62.8 Å². The Balaban J connectivity index is 2.24. The Bertz CT molecular complexity index is 612. The molecule has 1 aromatic heterocycles. The number of carbonyl (C=O) groups excluding carboxylic acids is 1. The molecular formula is C12H9BrClIN2O. The number of aromatic nitrogens is 1. The number of hydrogen-bond acceptors (Lipinski definition) is 1. The van der Waals surface area contributed by atoms with Gasteiger partial charge in [0, 0.05) is 26.3 Å². The smallest absolute Gasteiger partial charge is 0.272 e. The lowest BCUT2D eigenvalue weighted by Gasteiger charge is -2.08. The minimum absolute atomic E-state index is 0.150. The zero-order chi connectivity index (χ0) is 13.3. The third kappa shape index (κ3) is 3.07. The van der Waals surface area contributed by atoms with E-state index in [9.17, 15) is 4.79 Å². The number of hydrogen-bond donors (Lipinski definition) is 1. The number of amides is 1. The van der Waals surface area contributed by atoms with Crippen LogP contribution in [0.2, 0.25) is 5.02 Å². The molecule has 0 saturated carbocycles. The van der Waals surface area contributed by atoms with Gasteiger partial charge in [-0.25, -0.2) is 0 Å². The number of aryl methyl sites for hydroxylation is 1. The van der Waals surface area contributed by atoms with E-state index in [-0.39, 0.29) is 5.91 Å². The molecule has 1 amide bonds. The van der Waals surface area contributed by atoms with Crippen molar-refractivity contribution in [1.82, 2.24) is 4.57 Å². The van der Waals surface area contributed by atoms with E-state index in [0.29, 0.717) is 10.7 Å². The van der Waals surface area contributed by atoms with Gasteiger partial charge in [0.1, 0.15) is 5.69 Å². The lowest BCUT2D eigenvalue weighted by atomic mass is 10.3. The van der Waals surface area contributed by atoms with E-state index in [1.54, 1.807) is 28.8 Å². The standard InChI is InChI=1S/C12H9BrClIN2O/c1-17-6-7(13)4-11(17)12(18)16-10-3-2-8(14)5-9(10)15/h2-6H,1H3,(H,16,18). The van der Waals surface area contributed by atoms with Crippen molar-refractivity contribution in [2.75, 3.05) is 5.32 Å². The fourth-order valence-corrected chi connectivity index (χ4v) is 3.06. The summed E-state index contributed by atoms with van der Waals surface area (Å²) in [5.41, 5.74) is 1.34. The van der Waals surface area contributed by atoms with Crippen molar-refractivity contribution in [3.63, 3.8) is 0 Å². The molecule has 0 radical (unpaired) electrons. The first-order valence-corrected chi connectivity index (χ1v) is 7.30. The molecule has 0 aliphatic heterocycles. The Morgan fingerprint density at radius 1 is 1.44 bits per heavy atom. The van der Waals surface area contributed by atoms with Crippen molar-refractivity contribution in [2.24, 2.45) is 7.05 Å². The summed E-state index contributed by atoms with van der Waals surface area (Å²) in [6, 6.07) is 7.12. The number of rotatable bonds is 2. The average molecular weight is 439 g/mol. The highest BCUT2D eigenvalue weighted by molar-refractivity contribution is 14.1. The number of anilines is 1. The van der Waals surface area contributed by atoms with Crippen LogP contribution in [0.5, 0.6) is 0 Å². The molecule has 18 heavy (non-hydrogen) atoms. The molecule has 0 saturated heterocycles. The van der Waals surface area contributed by atoms with Crippen LogP contribution in [0, 0.1) is 3.57 Å². The van der Waals surface area contributed by atoms with Gasteiger partial charge in [-0.1, -0.05) is 11.6 Å². The Labute approximate surface area is 132 Å². The summed E-state index contributed by atoms with van der Waals surface area (Å²) in [5, 5.41) is 3.51. The van der Waals surface area contributed by atoms with Crippen LogP contribution < -0.4 is 5.32 Å². The van der Waals surface area contributed by atoms with E-state index in [0.717, 1.165) is 13.7 Å². The van der Waals surface area contributed by atoms with E-state index in [4.69, 9.17) is 11.6 Å². The van der Waals surface area contributed by atoms with Crippen molar-refractivity contribution < 1.29 is 4.79 Å². The minimum atomic E-state index is -0.150. The molecule has 0 fully saturated rings. The fraction of sp³-hybridized carbons (Fsp3) is 0.0833. The maximum Gasteiger partial charge on any atom is 0.272 e. The number of halogens is 3. The van der Waals surface area contributed by atoms with Crippen LogP contribution in [0.4, 0.5) is 5.69 Å². The summed E-state index contributed by atoms with van der Waals surface area (Å²) in [7, 11) is 1.83. The van der Waals surface area contributed by atoms with Crippen LogP contribution in [-0.4, -0.2) is 10.5 Å². The van der Waals surface area contributed by atoms with E-state index < -0.39 is 0 Å². The molecule has 0 spiro atoms. The summed E-state index contributed by atoms with van der Waals surface area (Å²) in [6.45, 7) is 0. The SMILES string of the molecule is Cn1cc(Br)cc1C(=O)Nc1ccc(Cl)cc1I. The molecule has 0 aliphatic carbocycles. The van der Waals surface area contributed by atoms with Crippen LogP contribution in [-0.2, 0) is 7.05 Å². The predicted octanol–water partition coefficient (Wildman–Crippen LogP) is 4.30. The van der Waals surface area contributed by atoms with Crippen molar-refractivity contribution in [1.29, 1.82) is 0 Å². The third-order valence-corrected chi connectivity index (χ3v) is 3.94. The van der Waals surface area contributed by atoms with Gasteiger partial charge in [-0.3, -0.25) is 4.79 Å². The fourth-order valence-electron chi connectivity index (χ4n) is 1.53. The molecule has 6 heteroatoms. The van der Waals surface area contributed by atoms with Gasteiger partial charge in [0.2, 0.25) is 0 Å². The first-order valence-electron chi connectivity index (χ1n) is 5.05. The number of benzene rings is 1. The second kappa shape index (κ2) is 5.63. The second-order valence-electron chi connectivity index (χ2n) is 3.73. The number of nitrogens with zero attached hydrogens (tertiary/aromatic N) is 1. The maximum absolute atomic E-state index is 12.1. The highest BCUT2D eigenvalue weighted by Gasteiger charge is 2.12. The number of nitrogens with one attached hydrogen (secondary N) is 1. The lowest BCUT2D eigenvalue weighted by Crippen LogP contribution is -2.15. The molecule has 2 aromatic rings. The molecular weight excluding hydrogens is 430 g/mol. The van der Waals surface area contributed by atoms with Gasteiger partial charge in [0.15, 0.2) is 0 Å². The molecule has 2 rings (SSSR count). The monoisotopic (exact) mass is 438 g/mol. The summed E-state index contributed by atoms with van der Waals surface area (Å²) >= 11 is 11.3. The molecule has 94 valence electrons. The van der Waals surface area contributed by atoms with E-state index in [1.807, 2.05) is 13.2 Å². The molecule has 0 bridgehead atoms. The van der Waals surface area contributed by atoms with Crippen LogP contribution in [0.3, 0.4) is 0 Å². The zero-order valence-electron chi connectivity index (χ0n) is 9.38. The lowest BCUT2D eigenvalue weighted by molar-refractivity contribution is 0.101. The molecule has 1 heterocycles. The molecule has 0 aliphatic rings. The summed E-state index contributed by atoms with van der Waals surface area (Å²) in [6.07, 6.45) is 1.84. The van der Waals surface area contributed by atoms with Crippen LogP contribution in [0.25, 0.3) is 0 Å². The third-order valence-electron chi connectivity index (χ3n) is 2.38. The second-order valence-corrected chi connectivity index (χ2v) is 6.25. The summed E-state index contributed by atoms with van der Waals surface area (Å²) in [5.74, 6) is -0.150. The van der Waals surface area contributed by atoms with Crippen LogP contribution >= 0.6 is 50.1 Å². The normalized spacial score (nSPS) is 10.4. The minimum Gasteiger partial charge on any atom is -0.345 e. The highest BCUT2D eigenvalue weighted by Crippen LogP contribution is 2.23. The number of carbonyl (C=O) groups is 1. The van der Waals surface area contributed by atoms with Gasteiger partial charge in [-0.15, -0.1) is 0 Å². The van der Waals surface area contributed by atoms with Gasteiger partial charge < -0.3 is 9.88 Å². The maximum atomic E-state index is 12.1. The van der Waals surface area contributed by atoms with Crippen LogP contribution in [0.1, 0.15) is 10.5 Å². The van der Waals surface area contributed by atoms with Gasteiger partial charge >= 0.3 is 0 Å². The van der Waals surface area contributed by atoms with E-state index in [1.165, 1.54) is 0 Å². The largest absolute Gasteiger partial charge is 0.345 e. The Morgan fingerprint density at radius 3 is 2.72 bits per heavy atom. The van der Waals surface area contributed by atoms with Crippen molar-refractivity contribution in [2.45, 2.75) is 0 Å². The van der Waals surface area contributed by atoms with Crippen molar-refractivity contribution >= 4 is 61.7 Å². The Kier molecular flexibility index (Phi) is 4.34. The first-order chi connectivity index (χ1) is 8.47. The van der Waals surface area contributed by atoms with Crippen molar-refractivity contribution in [3.05, 3.63) is 49.2 Å². The van der Waals surface area contributed by atoms with Gasteiger partial charge in [0.05, 0.1) is 5.69 Å². The highest BCUT2D eigenvalue weighted by atomic mass is 127. The summed E-state index contributed by atoms with van der Waals surface area (Å²) < 4.78 is 3.55. The van der Waals surface area contributed by atoms with Crippen molar-refractivity contribution in [3.8, 4) is 0 Å². The van der Waals surface area contributed by atoms with Gasteiger partial charge in [-0.2, -0.15) is 0 Å². The average Bonchev–Trinajstić information content (AvgIpc) is 2.62. The molecule has 1 N–H and O–H groups in total.